The summed E-state index contributed by atoms with van der Waals surface area (Å²) in [6.07, 6.45) is 10.7. The minimum Gasteiger partial charge on any atom is -0.351 e. The lowest BCUT2D eigenvalue weighted by Crippen LogP contribution is -2.53. The van der Waals surface area contributed by atoms with Crippen LogP contribution in [0, 0.1) is 30.1 Å². The van der Waals surface area contributed by atoms with Gasteiger partial charge in [-0.15, -0.1) is 0 Å². The van der Waals surface area contributed by atoms with E-state index in [0.717, 1.165) is 29.4 Å². The van der Waals surface area contributed by atoms with Crippen LogP contribution in [-0.2, 0) is 0 Å². The van der Waals surface area contributed by atoms with Crippen LogP contribution in [0.1, 0.15) is 51.1 Å². The van der Waals surface area contributed by atoms with Gasteiger partial charge < -0.3 is 5.32 Å². The van der Waals surface area contributed by atoms with Crippen molar-refractivity contribution in [2.75, 3.05) is 5.32 Å². The molecule has 4 aliphatic carbocycles. The molecule has 0 saturated heterocycles. The predicted molar refractivity (Wildman–Crippen MR) is 80.5 cm³/mol. The normalized spacial score (nSPS) is 39.8. The molecule has 0 spiro atoms. The number of aryl methyl sites for hydroxylation is 1. The Morgan fingerprint density at radius 1 is 1.15 bits per heavy atom. The standard InChI is InChI=1S/C17H25N3/c1-11-3-4-18-16(19-11)20-12(2)17-8-13-5-14(9-17)7-15(6-13)10-17/h3-4,12-15H,5-10H2,1-2H3,(H,18,19,20). The molecule has 0 radical (unpaired) electrons. The van der Waals surface area contributed by atoms with Crippen molar-refractivity contribution in [2.24, 2.45) is 23.2 Å². The molecule has 0 aliphatic heterocycles. The van der Waals surface area contributed by atoms with Gasteiger partial charge in [0.25, 0.3) is 0 Å². The molecule has 4 fully saturated rings. The third-order valence-corrected chi connectivity index (χ3v) is 6.14. The van der Waals surface area contributed by atoms with Gasteiger partial charge in [-0.05, 0) is 81.6 Å². The molecule has 3 heteroatoms. The largest absolute Gasteiger partial charge is 0.351 e. The van der Waals surface area contributed by atoms with Gasteiger partial charge in [0.1, 0.15) is 0 Å². The highest BCUT2D eigenvalue weighted by Crippen LogP contribution is 2.61. The van der Waals surface area contributed by atoms with Crippen LogP contribution in [-0.4, -0.2) is 16.0 Å². The van der Waals surface area contributed by atoms with E-state index in [1.54, 1.807) is 0 Å². The SMILES string of the molecule is Cc1ccnc(NC(C)C23CC4CC(CC(C4)C2)C3)n1. The molecule has 20 heavy (non-hydrogen) atoms. The molecule has 4 bridgehead atoms. The van der Waals surface area contributed by atoms with Crippen molar-refractivity contribution in [3.8, 4) is 0 Å². The second-order valence-corrected chi connectivity index (χ2v) is 7.67. The quantitative estimate of drug-likeness (QED) is 0.908. The van der Waals surface area contributed by atoms with Crippen LogP contribution in [0.4, 0.5) is 5.95 Å². The van der Waals surface area contributed by atoms with E-state index in [-0.39, 0.29) is 0 Å². The van der Waals surface area contributed by atoms with Crippen molar-refractivity contribution < 1.29 is 0 Å². The Hall–Kier alpha value is -1.12. The fraction of sp³-hybridized carbons (Fsp3) is 0.765. The molecule has 4 aliphatic rings. The summed E-state index contributed by atoms with van der Waals surface area (Å²) in [7, 11) is 0. The first kappa shape index (κ1) is 12.6. The van der Waals surface area contributed by atoms with Gasteiger partial charge >= 0.3 is 0 Å². The monoisotopic (exact) mass is 271 g/mol. The number of rotatable bonds is 3. The fourth-order valence-electron chi connectivity index (χ4n) is 5.57. The van der Waals surface area contributed by atoms with Gasteiger partial charge in [-0.1, -0.05) is 0 Å². The van der Waals surface area contributed by atoms with Crippen LogP contribution < -0.4 is 5.32 Å². The summed E-state index contributed by atoms with van der Waals surface area (Å²) >= 11 is 0. The van der Waals surface area contributed by atoms with Crippen molar-refractivity contribution in [3.05, 3.63) is 18.0 Å². The molecule has 1 atom stereocenters. The maximum Gasteiger partial charge on any atom is 0.223 e. The molecular formula is C17H25N3. The topological polar surface area (TPSA) is 37.8 Å². The average Bonchev–Trinajstić information content (AvgIpc) is 2.37. The first-order chi connectivity index (χ1) is 9.63. The number of anilines is 1. The number of hydrogen-bond donors (Lipinski definition) is 1. The highest BCUT2D eigenvalue weighted by molar-refractivity contribution is 5.28. The molecule has 1 unspecified atom stereocenters. The summed E-state index contributed by atoms with van der Waals surface area (Å²) in [5, 5.41) is 3.62. The van der Waals surface area contributed by atoms with Crippen LogP contribution in [0.2, 0.25) is 0 Å². The molecule has 4 saturated carbocycles. The number of hydrogen-bond acceptors (Lipinski definition) is 3. The molecule has 3 nitrogen and oxygen atoms in total. The van der Waals surface area contributed by atoms with E-state index >= 15 is 0 Å². The highest BCUT2D eigenvalue weighted by Gasteiger charge is 2.53. The smallest absolute Gasteiger partial charge is 0.223 e. The van der Waals surface area contributed by atoms with E-state index in [2.05, 4.69) is 22.2 Å². The highest BCUT2D eigenvalue weighted by atomic mass is 15.1. The lowest BCUT2D eigenvalue weighted by molar-refractivity contribution is -0.0603. The van der Waals surface area contributed by atoms with Gasteiger partial charge in [-0.2, -0.15) is 0 Å². The second kappa shape index (κ2) is 4.44. The van der Waals surface area contributed by atoms with E-state index in [9.17, 15) is 0 Å². The van der Waals surface area contributed by atoms with Crippen molar-refractivity contribution in [1.29, 1.82) is 0 Å². The van der Waals surface area contributed by atoms with Crippen molar-refractivity contribution in [2.45, 2.75) is 58.4 Å². The third-order valence-electron chi connectivity index (χ3n) is 6.14. The van der Waals surface area contributed by atoms with Gasteiger partial charge in [0.05, 0.1) is 0 Å². The zero-order chi connectivity index (χ0) is 13.7. The summed E-state index contributed by atoms with van der Waals surface area (Å²) < 4.78 is 0. The van der Waals surface area contributed by atoms with Crippen LogP contribution in [0.5, 0.6) is 0 Å². The van der Waals surface area contributed by atoms with Gasteiger partial charge in [0.15, 0.2) is 0 Å². The molecule has 5 rings (SSSR count). The number of aromatic nitrogens is 2. The molecule has 1 aromatic rings. The van der Waals surface area contributed by atoms with E-state index in [0.29, 0.717) is 11.5 Å². The maximum atomic E-state index is 4.52. The van der Waals surface area contributed by atoms with E-state index < -0.39 is 0 Å². The fourth-order valence-corrected chi connectivity index (χ4v) is 5.57. The van der Waals surface area contributed by atoms with Crippen LogP contribution in [0.3, 0.4) is 0 Å². The van der Waals surface area contributed by atoms with E-state index in [1.807, 2.05) is 19.2 Å². The van der Waals surface area contributed by atoms with Crippen LogP contribution in [0.15, 0.2) is 12.3 Å². The third kappa shape index (κ3) is 2.02. The van der Waals surface area contributed by atoms with Crippen molar-refractivity contribution >= 4 is 5.95 Å². The average molecular weight is 271 g/mol. The Morgan fingerprint density at radius 3 is 2.30 bits per heavy atom. The summed E-state index contributed by atoms with van der Waals surface area (Å²) in [5.41, 5.74) is 1.56. The predicted octanol–water partition coefficient (Wildman–Crippen LogP) is 3.80. The lowest BCUT2D eigenvalue weighted by atomic mass is 9.48. The summed E-state index contributed by atoms with van der Waals surface area (Å²) in [6, 6.07) is 2.46. The molecule has 108 valence electrons. The first-order valence-corrected chi connectivity index (χ1v) is 8.19. The summed E-state index contributed by atoms with van der Waals surface area (Å²) in [4.78, 5) is 8.90. The number of nitrogens with zero attached hydrogens (tertiary/aromatic N) is 2. The summed E-state index contributed by atoms with van der Waals surface area (Å²) in [5.74, 6) is 3.82. The van der Waals surface area contributed by atoms with Crippen molar-refractivity contribution in [3.63, 3.8) is 0 Å². The van der Waals surface area contributed by atoms with Crippen LogP contribution in [0.25, 0.3) is 0 Å². The Balaban J connectivity index is 1.54. The molecule has 0 amide bonds. The number of nitrogens with one attached hydrogen (secondary N) is 1. The van der Waals surface area contributed by atoms with E-state index in [4.69, 9.17) is 0 Å². The zero-order valence-electron chi connectivity index (χ0n) is 12.6. The minimum absolute atomic E-state index is 0.498. The van der Waals surface area contributed by atoms with Gasteiger partial charge in [0, 0.05) is 17.9 Å². The minimum atomic E-state index is 0.498. The Morgan fingerprint density at radius 2 is 1.75 bits per heavy atom. The summed E-state index contributed by atoms with van der Waals surface area (Å²) in [6.45, 7) is 4.39. The maximum absolute atomic E-state index is 4.52. The molecular weight excluding hydrogens is 246 g/mol. The first-order valence-electron chi connectivity index (χ1n) is 8.19. The molecule has 1 N–H and O–H groups in total. The van der Waals surface area contributed by atoms with Gasteiger partial charge in [-0.25, -0.2) is 9.97 Å². The van der Waals surface area contributed by atoms with Crippen molar-refractivity contribution in [1.82, 2.24) is 9.97 Å². The Labute approximate surface area is 121 Å². The zero-order valence-corrected chi connectivity index (χ0v) is 12.6. The molecule has 1 heterocycles. The Kier molecular flexibility index (Phi) is 2.80. The molecule has 0 aromatic carbocycles. The Bertz CT molecular complexity index is 475. The van der Waals surface area contributed by atoms with Crippen LogP contribution >= 0.6 is 0 Å². The van der Waals surface area contributed by atoms with E-state index in [1.165, 1.54) is 38.5 Å². The van der Waals surface area contributed by atoms with Gasteiger partial charge in [-0.3, -0.25) is 0 Å². The van der Waals surface area contributed by atoms with Gasteiger partial charge in [0.2, 0.25) is 5.95 Å². The second-order valence-electron chi connectivity index (χ2n) is 7.67. The molecule has 1 aromatic heterocycles. The lowest BCUT2D eigenvalue weighted by Gasteiger charge is -2.59.